The van der Waals surface area contributed by atoms with E-state index in [0.717, 1.165) is 24.3 Å². The van der Waals surface area contributed by atoms with Crippen LogP contribution in [0.15, 0.2) is 35.7 Å². The Balaban J connectivity index is 1.98. The summed E-state index contributed by atoms with van der Waals surface area (Å²) in [7, 11) is 2.14. The maximum Gasteiger partial charge on any atom is 0.0343 e. The molecule has 2 rings (SSSR count). The lowest BCUT2D eigenvalue weighted by atomic mass is 10.1. The van der Waals surface area contributed by atoms with Gasteiger partial charge in [-0.25, -0.2) is 0 Å². The molecule has 0 aliphatic carbocycles. The van der Waals surface area contributed by atoms with E-state index in [4.69, 9.17) is 5.73 Å². The van der Waals surface area contributed by atoms with E-state index in [2.05, 4.69) is 48.5 Å². The summed E-state index contributed by atoms with van der Waals surface area (Å²) in [6.07, 6.45) is 0. The molecular formula is C14H18N2S. The van der Waals surface area contributed by atoms with Crippen molar-refractivity contribution in [3.63, 3.8) is 0 Å². The quantitative estimate of drug-likeness (QED) is 0.839. The highest BCUT2D eigenvalue weighted by Crippen LogP contribution is 2.16. The molecule has 0 saturated heterocycles. The van der Waals surface area contributed by atoms with E-state index < -0.39 is 0 Å². The van der Waals surface area contributed by atoms with Gasteiger partial charge in [0.1, 0.15) is 0 Å². The van der Waals surface area contributed by atoms with Crippen LogP contribution in [0.4, 0.5) is 5.69 Å². The SMILES string of the molecule is Cc1cc(CN(C)Cc2cccs2)ccc1N. The van der Waals surface area contributed by atoms with Crippen molar-refractivity contribution in [1.29, 1.82) is 0 Å². The highest BCUT2D eigenvalue weighted by molar-refractivity contribution is 7.09. The second-order valence-electron chi connectivity index (χ2n) is 4.44. The van der Waals surface area contributed by atoms with E-state index >= 15 is 0 Å². The Bertz CT molecular complexity index is 477. The van der Waals surface area contributed by atoms with Gasteiger partial charge >= 0.3 is 0 Å². The summed E-state index contributed by atoms with van der Waals surface area (Å²) in [5.74, 6) is 0. The highest BCUT2D eigenvalue weighted by Gasteiger charge is 2.03. The molecule has 90 valence electrons. The fourth-order valence-corrected chi connectivity index (χ4v) is 2.66. The number of hydrogen-bond acceptors (Lipinski definition) is 3. The van der Waals surface area contributed by atoms with E-state index in [1.807, 2.05) is 6.07 Å². The standard InChI is InChI=1S/C14H18N2S/c1-11-8-12(5-6-14(11)15)9-16(2)10-13-4-3-7-17-13/h3-8H,9-10,15H2,1-2H3. The molecule has 1 aromatic heterocycles. The predicted octanol–water partition coefficient (Wildman–Crippen LogP) is 3.27. The summed E-state index contributed by atoms with van der Waals surface area (Å²) < 4.78 is 0. The minimum atomic E-state index is 0.870. The summed E-state index contributed by atoms with van der Waals surface area (Å²) in [6, 6.07) is 10.5. The van der Waals surface area contributed by atoms with Crippen LogP contribution in [-0.2, 0) is 13.1 Å². The maximum absolute atomic E-state index is 5.82. The van der Waals surface area contributed by atoms with Gasteiger partial charge in [0.15, 0.2) is 0 Å². The predicted molar refractivity (Wildman–Crippen MR) is 75.1 cm³/mol. The van der Waals surface area contributed by atoms with Crippen molar-refractivity contribution < 1.29 is 0 Å². The molecule has 0 aliphatic rings. The van der Waals surface area contributed by atoms with Gasteiger partial charge in [0, 0.05) is 23.7 Å². The van der Waals surface area contributed by atoms with Gasteiger partial charge in [0.25, 0.3) is 0 Å². The van der Waals surface area contributed by atoms with E-state index in [0.29, 0.717) is 0 Å². The minimum Gasteiger partial charge on any atom is -0.399 e. The third-order valence-corrected chi connectivity index (χ3v) is 3.65. The lowest BCUT2D eigenvalue weighted by Gasteiger charge is -2.16. The number of nitrogen functional groups attached to an aromatic ring is 1. The molecule has 0 unspecified atom stereocenters. The summed E-state index contributed by atoms with van der Waals surface area (Å²) >= 11 is 1.81. The lowest BCUT2D eigenvalue weighted by molar-refractivity contribution is 0.322. The molecule has 0 spiro atoms. The molecule has 0 aliphatic heterocycles. The molecule has 0 saturated carbocycles. The first-order chi connectivity index (χ1) is 8.15. The largest absolute Gasteiger partial charge is 0.399 e. The van der Waals surface area contributed by atoms with Crippen molar-refractivity contribution in [2.45, 2.75) is 20.0 Å². The Morgan fingerprint density at radius 1 is 1.24 bits per heavy atom. The normalized spacial score (nSPS) is 11.0. The summed E-state index contributed by atoms with van der Waals surface area (Å²) in [4.78, 5) is 3.72. The fraction of sp³-hybridized carbons (Fsp3) is 0.286. The van der Waals surface area contributed by atoms with Crippen LogP contribution in [-0.4, -0.2) is 11.9 Å². The number of benzene rings is 1. The molecule has 0 bridgehead atoms. The first kappa shape index (κ1) is 12.1. The zero-order chi connectivity index (χ0) is 12.3. The van der Waals surface area contributed by atoms with Crippen LogP contribution >= 0.6 is 11.3 Å². The van der Waals surface area contributed by atoms with Gasteiger partial charge < -0.3 is 5.73 Å². The van der Waals surface area contributed by atoms with Crippen LogP contribution in [0.2, 0.25) is 0 Å². The van der Waals surface area contributed by atoms with Crippen molar-refractivity contribution >= 4 is 17.0 Å². The molecule has 2 aromatic rings. The Kier molecular flexibility index (Phi) is 3.82. The summed E-state index contributed by atoms with van der Waals surface area (Å²) in [5, 5.41) is 2.12. The molecule has 2 nitrogen and oxygen atoms in total. The minimum absolute atomic E-state index is 0.870. The van der Waals surface area contributed by atoms with Crippen molar-refractivity contribution in [2.75, 3.05) is 12.8 Å². The first-order valence-electron chi connectivity index (χ1n) is 5.71. The number of aryl methyl sites for hydroxylation is 1. The second kappa shape index (κ2) is 5.34. The molecule has 0 radical (unpaired) electrons. The smallest absolute Gasteiger partial charge is 0.0343 e. The van der Waals surface area contributed by atoms with E-state index in [1.165, 1.54) is 10.4 Å². The van der Waals surface area contributed by atoms with Crippen LogP contribution in [0.25, 0.3) is 0 Å². The Labute approximate surface area is 107 Å². The number of nitrogens with zero attached hydrogens (tertiary/aromatic N) is 1. The Morgan fingerprint density at radius 2 is 2.06 bits per heavy atom. The van der Waals surface area contributed by atoms with Gasteiger partial charge in [-0.15, -0.1) is 11.3 Å². The number of hydrogen-bond donors (Lipinski definition) is 1. The average molecular weight is 246 g/mol. The van der Waals surface area contributed by atoms with Gasteiger partial charge in [-0.05, 0) is 42.6 Å². The van der Waals surface area contributed by atoms with Crippen LogP contribution in [0.5, 0.6) is 0 Å². The Hall–Kier alpha value is -1.32. The second-order valence-corrected chi connectivity index (χ2v) is 5.47. The summed E-state index contributed by atoms with van der Waals surface area (Å²) in [6.45, 7) is 4.01. The molecule has 0 fully saturated rings. The molecule has 17 heavy (non-hydrogen) atoms. The van der Waals surface area contributed by atoms with Gasteiger partial charge in [-0.3, -0.25) is 4.90 Å². The van der Waals surface area contributed by atoms with Gasteiger partial charge in [-0.1, -0.05) is 18.2 Å². The third-order valence-electron chi connectivity index (χ3n) is 2.79. The van der Waals surface area contributed by atoms with E-state index in [1.54, 1.807) is 11.3 Å². The van der Waals surface area contributed by atoms with E-state index in [-0.39, 0.29) is 0 Å². The van der Waals surface area contributed by atoms with Crippen LogP contribution in [0.3, 0.4) is 0 Å². The molecule has 2 N–H and O–H groups in total. The third kappa shape index (κ3) is 3.32. The zero-order valence-corrected chi connectivity index (χ0v) is 11.1. The summed E-state index contributed by atoms with van der Waals surface area (Å²) in [5.41, 5.74) is 9.16. The van der Waals surface area contributed by atoms with Crippen LogP contribution in [0, 0.1) is 6.92 Å². The highest BCUT2D eigenvalue weighted by atomic mass is 32.1. The average Bonchev–Trinajstić information content (AvgIpc) is 2.76. The number of rotatable bonds is 4. The number of thiophene rings is 1. The van der Waals surface area contributed by atoms with Crippen molar-refractivity contribution in [3.8, 4) is 0 Å². The van der Waals surface area contributed by atoms with Crippen LogP contribution in [0.1, 0.15) is 16.0 Å². The zero-order valence-electron chi connectivity index (χ0n) is 10.3. The number of nitrogens with two attached hydrogens (primary N) is 1. The maximum atomic E-state index is 5.82. The molecule has 1 aromatic carbocycles. The van der Waals surface area contributed by atoms with Crippen molar-refractivity contribution in [1.82, 2.24) is 4.90 Å². The van der Waals surface area contributed by atoms with Crippen molar-refractivity contribution in [3.05, 3.63) is 51.7 Å². The van der Waals surface area contributed by atoms with Gasteiger partial charge in [0.05, 0.1) is 0 Å². The van der Waals surface area contributed by atoms with Crippen molar-refractivity contribution in [2.24, 2.45) is 0 Å². The van der Waals surface area contributed by atoms with Gasteiger partial charge in [-0.2, -0.15) is 0 Å². The first-order valence-corrected chi connectivity index (χ1v) is 6.59. The molecule has 3 heteroatoms. The molecule has 1 heterocycles. The topological polar surface area (TPSA) is 29.3 Å². The fourth-order valence-electron chi connectivity index (χ4n) is 1.87. The monoisotopic (exact) mass is 246 g/mol. The molecule has 0 atom stereocenters. The molecular weight excluding hydrogens is 228 g/mol. The number of anilines is 1. The van der Waals surface area contributed by atoms with E-state index in [9.17, 15) is 0 Å². The van der Waals surface area contributed by atoms with Crippen LogP contribution < -0.4 is 5.73 Å². The van der Waals surface area contributed by atoms with Gasteiger partial charge in [0.2, 0.25) is 0 Å². The lowest BCUT2D eigenvalue weighted by Crippen LogP contribution is -2.16. The molecule has 0 amide bonds. The Morgan fingerprint density at radius 3 is 2.71 bits per heavy atom.